The molecule has 2 aromatic carbocycles. The van der Waals surface area contributed by atoms with Crippen molar-refractivity contribution in [3.05, 3.63) is 60.0 Å². The highest BCUT2D eigenvalue weighted by Crippen LogP contribution is 2.28. The second kappa shape index (κ2) is 8.29. The zero-order valence-corrected chi connectivity index (χ0v) is 16.9. The monoisotopic (exact) mass is 444 g/mol. The molecule has 0 aromatic heterocycles. The first-order valence-electron chi connectivity index (χ1n) is 8.81. The van der Waals surface area contributed by atoms with Crippen molar-refractivity contribution in [1.82, 2.24) is 0 Å². The molecule has 1 atom stereocenters. The summed E-state index contributed by atoms with van der Waals surface area (Å²) in [6.45, 7) is 3.74. The molecule has 0 spiro atoms. The van der Waals surface area contributed by atoms with Crippen molar-refractivity contribution in [2.45, 2.75) is 37.0 Å². The fourth-order valence-corrected chi connectivity index (χ4v) is 3.68. The SMILES string of the molecule is CC1(C)OC[C@H](C=CS(=O)(=O)c2ccc(Oc3ccc(OC(F)(F)F)cc3)cc2)O1. The lowest BCUT2D eigenvalue weighted by atomic mass is 10.3. The Hall–Kier alpha value is -2.56. The first-order chi connectivity index (χ1) is 13.9. The Morgan fingerprint density at radius 2 is 1.53 bits per heavy atom. The molecule has 3 rings (SSSR count). The lowest BCUT2D eigenvalue weighted by Crippen LogP contribution is -2.20. The summed E-state index contributed by atoms with van der Waals surface area (Å²) in [4.78, 5) is 0.0539. The van der Waals surface area contributed by atoms with Crippen molar-refractivity contribution < 1.29 is 40.5 Å². The summed E-state index contributed by atoms with van der Waals surface area (Å²) in [6.07, 6.45) is -3.80. The van der Waals surface area contributed by atoms with Crippen molar-refractivity contribution in [3.63, 3.8) is 0 Å². The van der Waals surface area contributed by atoms with Gasteiger partial charge >= 0.3 is 6.36 Å². The third-order valence-electron chi connectivity index (χ3n) is 3.95. The predicted molar refractivity (Wildman–Crippen MR) is 101 cm³/mol. The molecule has 2 aromatic rings. The molecule has 0 aliphatic carbocycles. The van der Waals surface area contributed by atoms with E-state index in [1.165, 1.54) is 42.5 Å². The molecule has 162 valence electrons. The fraction of sp³-hybridized carbons (Fsp3) is 0.300. The van der Waals surface area contributed by atoms with Crippen LogP contribution in [-0.4, -0.2) is 33.3 Å². The first kappa shape index (κ1) is 22.1. The number of hydrogen-bond donors (Lipinski definition) is 0. The molecule has 0 amide bonds. The molecule has 0 unspecified atom stereocenters. The number of hydrogen-bond acceptors (Lipinski definition) is 6. The van der Waals surface area contributed by atoms with Gasteiger partial charge in [0.25, 0.3) is 0 Å². The van der Waals surface area contributed by atoms with Gasteiger partial charge in [0, 0.05) is 5.41 Å². The molecule has 30 heavy (non-hydrogen) atoms. The van der Waals surface area contributed by atoms with Crippen molar-refractivity contribution in [2.24, 2.45) is 0 Å². The summed E-state index contributed by atoms with van der Waals surface area (Å²) in [5.74, 6) is -0.546. The molecule has 1 saturated heterocycles. The van der Waals surface area contributed by atoms with E-state index in [9.17, 15) is 21.6 Å². The topological polar surface area (TPSA) is 71.1 Å². The molecule has 0 radical (unpaired) electrons. The maximum Gasteiger partial charge on any atom is 0.573 e. The van der Waals surface area contributed by atoms with Crippen molar-refractivity contribution in [2.75, 3.05) is 6.61 Å². The summed E-state index contributed by atoms with van der Waals surface area (Å²) >= 11 is 0. The molecule has 1 aliphatic heterocycles. The number of alkyl halides is 3. The van der Waals surface area contributed by atoms with Crippen LogP contribution in [0.1, 0.15) is 13.8 Å². The van der Waals surface area contributed by atoms with E-state index in [4.69, 9.17) is 14.2 Å². The van der Waals surface area contributed by atoms with E-state index in [2.05, 4.69) is 4.74 Å². The van der Waals surface area contributed by atoms with E-state index in [1.807, 2.05) is 0 Å². The van der Waals surface area contributed by atoms with Crippen LogP contribution in [-0.2, 0) is 19.3 Å². The molecule has 10 heteroatoms. The van der Waals surface area contributed by atoms with Crippen LogP contribution >= 0.6 is 0 Å². The Labute approximate surface area is 171 Å². The molecule has 6 nitrogen and oxygen atoms in total. The van der Waals surface area contributed by atoms with Crippen LogP contribution in [0.2, 0.25) is 0 Å². The van der Waals surface area contributed by atoms with Crippen LogP contribution in [0.3, 0.4) is 0 Å². The molecular weight excluding hydrogens is 425 g/mol. The van der Waals surface area contributed by atoms with E-state index in [1.54, 1.807) is 13.8 Å². The van der Waals surface area contributed by atoms with Crippen LogP contribution in [0.25, 0.3) is 0 Å². The van der Waals surface area contributed by atoms with Crippen LogP contribution < -0.4 is 9.47 Å². The lowest BCUT2D eigenvalue weighted by molar-refractivity contribution is -0.274. The maximum absolute atomic E-state index is 12.4. The normalized spacial score (nSPS) is 19.2. The quantitative estimate of drug-likeness (QED) is 0.637. The van der Waals surface area contributed by atoms with Gasteiger partial charge in [-0.25, -0.2) is 8.42 Å². The fourth-order valence-electron chi connectivity index (χ4n) is 2.62. The van der Waals surface area contributed by atoms with Crippen LogP contribution in [0.5, 0.6) is 17.2 Å². The van der Waals surface area contributed by atoms with Crippen LogP contribution in [0, 0.1) is 0 Å². The van der Waals surface area contributed by atoms with Gasteiger partial charge < -0.3 is 18.9 Å². The minimum absolute atomic E-state index is 0.0539. The lowest BCUT2D eigenvalue weighted by Gasteiger charge is -2.15. The number of halogens is 3. The Kier molecular flexibility index (Phi) is 6.11. The molecule has 1 heterocycles. The zero-order valence-electron chi connectivity index (χ0n) is 16.0. The van der Waals surface area contributed by atoms with Gasteiger partial charge in [-0.15, -0.1) is 13.2 Å². The standard InChI is InChI=1S/C20H19F3O6S/c1-19(2)26-13-17(28-19)11-12-30(24,25)18-9-7-15(8-10-18)27-14-3-5-16(6-4-14)29-20(21,22)23/h3-12,17H,13H2,1-2H3/t17-/m0/s1. The zero-order chi connectivity index (χ0) is 22.0. The average Bonchev–Trinajstić information content (AvgIpc) is 3.00. The molecule has 0 bridgehead atoms. The van der Waals surface area contributed by atoms with Gasteiger partial charge in [0.1, 0.15) is 23.4 Å². The molecule has 1 aliphatic rings. The molecular formula is C20H19F3O6S. The molecule has 0 N–H and O–H groups in total. The highest BCUT2D eigenvalue weighted by molar-refractivity contribution is 7.94. The highest BCUT2D eigenvalue weighted by atomic mass is 32.2. The van der Waals surface area contributed by atoms with Crippen molar-refractivity contribution in [1.29, 1.82) is 0 Å². The second-order valence-electron chi connectivity index (χ2n) is 6.83. The van der Waals surface area contributed by atoms with Gasteiger partial charge in [-0.1, -0.05) is 0 Å². The van der Waals surface area contributed by atoms with E-state index in [-0.39, 0.29) is 23.0 Å². The summed E-state index contributed by atoms with van der Waals surface area (Å²) < 4.78 is 81.6. The van der Waals surface area contributed by atoms with E-state index < -0.39 is 28.1 Å². The van der Waals surface area contributed by atoms with Crippen LogP contribution in [0.15, 0.2) is 64.9 Å². The second-order valence-corrected chi connectivity index (χ2v) is 8.67. The van der Waals surface area contributed by atoms with Gasteiger partial charge in [0.2, 0.25) is 0 Å². The van der Waals surface area contributed by atoms with Crippen molar-refractivity contribution in [3.8, 4) is 17.2 Å². The summed E-state index contributed by atoms with van der Waals surface area (Å²) in [5, 5.41) is 1.07. The third kappa shape index (κ3) is 6.22. The van der Waals surface area contributed by atoms with Gasteiger partial charge in [-0.05, 0) is 68.5 Å². The number of sulfone groups is 1. The van der Waals surface area contributed by atoms with Gasteiger partial charge in [-0.3, -0.25) is 0 Å². The smallest absolute Gasteiger partial charge is 0.457 e. The number of rotatable bonds is 6. The summed E-state index contributed by atoms with van der Waals surface area (Å²) in [6, 6.07) is 10.5. The Morgan fingerprint density at radius 1 is 1.00 bits per heavy atom. The Balaban J connectivity index is 1.63. The first-order valence-corrected chi connectivity index (χ1v) is 10.4. The minimum Gasteiger partial charge on any atom is -0.457 e. The minimum atomic E-state index is -4.77. The van der Waals surface area contributed by atoms with E-state index in [0.717, 1.165) is 17.5 Å². The maximum atomic E-state index is 12.4. The number of ether oxygens (including phenoxy) is 4. The van der Waals surface area contributed by atoms with Gasteiger partial charge in [0.05, 0.1) is 11.5 Å². The summed E-state index contributed by atoms with van der Waals surface area (Å²) in [5.41, 5.74) is 0. The molecule has 1 fully saturated rings. The predicted octanol–water partition coefficient (Wildman–Crippen LogP) is 4.82. The summed E-state index contributed by atoms with van der Waals surface area (Å²) in [7, 11) is -3.69. The Morgan fingerprint density at radius 3 is 2.03 bits per heavy atom. The van der Waals surface area contributed by atoms with Gasteiger partial charge in [-0.2, -0.15) is 0 Å². The Bertz CT molecular complexity index is 996. The third-order valence-corrected chi connectivity index (χ3v) is 5.39. The van der Waals surface area contributed by atoms with Crippen LogP contribution in [0.4, 0.5) is 13.2 Å². The molecule has 0 saturated carbocycles. The van der Waals surface area contributed by atoms with E-state index in [0.29, 0.717) is 5.75 Å². The van der Waals surface area contributed by atoms with E-state index >= 15 is 0 Å². The van der Waals surface area contributed by atoms with Gasteiger partial charge in [0.15, 0.2) is 15.6 Å². The number of benzene rings is 2. The highest BCUT2D eigenvalue weighted by Gasteiger charge is 2.32. The van der Waals surface area contributed by atoms with Crippen molar-refractivity contribution >= 4 is 9.84 Å². The average molecular weight is 444 g/mol. The largest absolute Gasteiger partial charge is 0.573 e.